The molecule has 0 N–H and O–H groups in total. The normalized spacial score (nSPS) is 19.4. The highest BCUT2D eigenvalue weighted by Gasteiger charge is 2.30. The Labute approximate surface area is 148 Å². The second kappa shape index (κ2) is 7.38. The predicted octanol–water partition coefficient (Wildman–Crippen LogP) is 3.71. The number of hydrogen-bond donors (Lipinski definition) is 0. The van der Waals surface area contributed by atoms with Crippen LogP contribution in [0.3, 0.4) is 0 Å². The third kappa shape index (κ3) is 3.75. The van der Waals surface area contributed by atoms with Crippen molar-refractivity contribution in [1.29, 1.82) is 0 Å². The molecule has 0 spiro atoms. The first-order valence-corrected chi connectivity index (χ1v) is 9.46. The summed E-state index contributed by atoms with van der Waals surface area (Å²) >= 11 is 0. The Morgan fingerprint density at radius 3 is 2.52 bits per heavy atom. The van der Waals surface area contributed by atoms with Crippen molar-refractivity contribution >= 4 is 5.91 Å². The molecule has 0 radical (unpaired) electrons. The SMILES string of the molecule is O=C(C1CCCC1)N1CCC(Cc2nc(-c3ccccc3)no2)CC1. The Balaban J connectivity index is 1.30. The zero-order valence-electron chi connectivity index (χ0n) is 14.6. The highest BCUT2D eigenvalue weighted by Crippen LogP contribution is 2.29. The summed E-state index contributed by atoms with van der Waals surface area (Å²) in [6, 6.07) is 9.90. The first kappa shape index (κ1) is 16.3. The largest absolute Gasteiger partial charge is 0.342 e. The van der Waals surface area contributed by atoms with Crippen molar-refractivity contribution in [2.75, 3.05) is 13.1 Å². The van der Waals surface area contributed by atoms with Crippen LogP contribution in [0.5, 0.6) is 0 Å². The van der Waals surface area contributed by atoms with Crippen LogP contribution >= 0.6 is 0 Å². The molecule has 1 saturated carbocycles. The van der Waals surface area contributed by atoms with Gasteiger partial charge >= 0.3 is 0 Å². The van der Waals surface area contributed by atoms with E-state index in [-0.39, 0.29) is 0 Å². The van der Waals surface area contributed by atoms with Gasteiger partial charge in [0.15, 0.2) is 0 Å². The maximum absolute atomic E-state index is 12.5. The predicted molar refractivity (Wildman–Crippen MR) is 94.7 cm³/mol. The van der Waals surface area contributed by atoms with Crippen molar-refractivity contribution in [3.63, 3.8) is 0 Å². The number of benzene rings is 1. The molecule has 1 aromatic carbocycles. The fourth-order valence-electron chi connectivity index (χ4n) is 4.08. The number of carbonyl (C=O) groups excluding carboxylic acids is 1. The number of rotatable bonds is 4. The van der Waals surface area contributed by atoms with E-state index < -0.39 is 0 Å². The average Bonchev–Trinajstić information content (AvgIpc) is 3.35. The number of amides is 1. The molecule has 1 amide bonds. The molecule has 2 fully saturated rings. The molecule has 0 atom stereocenters. The van der Waals surface area contributed by atoms with E-state index in [0.717, 1.165) is 50.8 Å². The number of aromatic nitrogens is 2. The van der Waals surface area contributed by atoms with Crippen LogP contribution in [0.2, 0.25) is 0 Å². The highest BCUT2D eigenvalue weighted by atomic mass is 16.5. The second-order valence-corrected chi connectivity index (χ2v) is 7.33. The molecule has 25 heavy (non-hydrogen) atoms. The quantitative estimate of drug-likeness (QED) is 0.852. The molecule has 1 saturated heterocycles. The lowest BCUT2D eigenvalue weighted by molar-refractivity contribution is -0.136. The highest BCUT2D eigenvalue weighted by molar-refractivity contribution is 5.79. The molecular weight excluding hydrogens is 314 g/mol. The van der Waals surface area contributed by atoms with Crippen molar-refractivity contribution in [3.8, 4) is 11.4 Å². The van der Waals surface area contributed by atoms with E-state index in [9.17, 15) is 4.79 Å². The van der Waals surface area contributed by atoms with Crippen molar-refractivity contribution < 1.29 is 9.32 Å². The van der Waals surface area contributed by atoms with Gasteiger partial charge in [-0.15, -0.1) is 0 Å². The van der Waals surface area contributed by atoms with E-state index in [2.05, 4.69) is 15.0 Å². The van der Waals surface area contributed by atoms with Crippen LogP contribution in [0.4, 0.5) is 0 Å². The Bertz CT molecular complexity index is 699. The Morgan fingerprint density at radius 1 is 1.08 bits per heavy atom. The lowest BCUT2D eigenvalue weighted by Gasteiger charge is -2.33. The van der Waals surface area contributed by atoms with E-state index in [1.165, 1.54) is 12.8 Å². The van der Waals surface area contributed by atoms with Gasteiger partial charge < -0.3 is 9.42 Å². The minimum atomic E-state index is 0.293. The van der Waals surface area contributed by atoms with Crippen molar-refractivity contribution in [3.05, 3.63) is 36.2 Å². The molecule has 0 bridgehead atoms. The van der Waals surface area contributed by atoms with Gasteiger partial charge in [0, 0.05) is 31.0 Å². The van der Waals surface area contributed by atoms with Crippen molar-refractivity contribution in [1.82, 2.24) is 15.0 Å². The monoisotopic (exact) mass is 339 g/mol. The fraction of sp³-hybridized carbons (Fsp3) is 0.550. The molecule has 1 aliphatic carbocycles. The van der Waals surface area contributed by atoms with Crippen LogP contribution < -0.4 is 0 Å². The van der Waals surface area contributed by atoms with E-state index in [0.29, 0.717) is 29.5 Å². The van der Waals surface area contributed by atoms with Gasteiger partial charge in [-0.1, -0.05) is 48.3 Å². The van der Waals surface area contributed by atoms with E-state index >= 15 is 0 Å². The van der Waals surface area contributed by atoms with Crippen molar-refractivity contribution in [2.24, 2.45) is 11.8 Å². The first-order valence-electron chi connectivity index (χ1n) is 9.46. The molecule has 5 heteroatoms. The second-order valence-electron chi connectivity index (χ2n) is 7.33. The maximum atomic E-state index is 12.5. The minimum absolute atomic E-state index is 0.293. The van der Waals surface area contributed by atoms with Crippen LogP contribution in [0.25, 0.3) is 11.4 Å². The molecule has 2 aromatic rings. The van der Waals surface area contributed by atoms with Crippen LogP contribution in [-0.2, 0) is 11.2 Å². The average molecular weight is 339 g/mol. The van der Waals surface area contributed by atoms with E-state index in [1.807, 2.05) is 30.3 Å². The molecule has 2 heterocycles. The van der Waals surface area contributed by atoms with Gasteiger partial charge in [-0.3, -0.25) is 4.79 Å². The standard InChI is InChI=1S/C20H25N3O2/c24-20(17-8-4-5-9-17)23-12-10-15(11-13-23)14-18-21-19(22-25-18)16-6-2-1-3-7-16/h1-3,6-7,15,17H,4-5,8-14H2. The van der Waals surface area contributed by atoms with Gasteiger partial charge in [-0.05, 0) is 31.6 Å². The first-order chi connectivity index (χ1) is 12.3. The summed E-state index contributed by atoms with van der Waals surface area (Å²) in [5, 5.41) is 4.10. The lowest BCUT2D eigenvalue weighted by atomic mass is 9.92. The van der Waals surface area contributed by atoms with Gasteiger partial charge in [0.05, 0.1) is 0 Å². The number of piperidine rings is 1. The topological polar surface area (TPSA) is 59.2 Å². The zero-order valence-corrected chi connectivity index (χ0v) is 14.6. The van der Waals surface area contributed by atoms with Gasteiger partial charge in [-0.2, -0.15) is 4.98 Å². The number of likely N-dealkylation sites (tertiary alicyclic amines) is 1. The van der Waals surface area contributed by atoms with Crippen molar-refractivity contribution in [2.45, 2.75) is 44.9 Å². The number of carbonyl (C=O) groups is 1. The molecular formula is C20H25N3O2. The number of nitrogens with zero attached hydrogens (tertiary/aromatic N) is 3. The number of hydrogen-bond acceptors (Lipinski definition) is 4. The summed E-state index contributed by atoms with van der Waals surface area (Å²) in [5.74, 6) is 2.57. The molecule has 0 unspecified atom stereocenters. The van der Waals surface area contributed by atoms with Crippen LogP contribution in [0.15, 0.2) is 34.9 Å². The summed E-state index contributed by atoms with van der Waals surface area (Å²) in [7, 11) is 0. The van der Waals surface area contributed by atoms with Crippen LogP contribution in [0.1, 0.15) is 44.4 Å². The maximum Gasteiger partial charge on any atom is 0.227 e. The molecule has 1 aromatic heterocycles. The summed E-state index contributed by atoms with van der Waals surface area (Å²) < 4.78 is 5.44. The molecule has 4 rings (SSSR count). The summed E-state index contributed by atoms with van der Waals surface area (Å²) in [6.07, 6.45) is 7.47. The fourth-order valence-corrected chi connectivity index (χ4v) is 4.08. The Hall–Kier alpha value is -2.17. The Morgan fingerprint density at radius 2 is 1.80 bits per heavy atom. The van der Waals surface area contributed by atoms with Gasteiger partial charge in [0.25, 0.3) is 0 Å². The van der Waals surface area contributed by atoms with E-state index in [4.69, 9.17) is 4.52 Å². The van der Waals surface area contributed by atoms with Crippen LogP contribution in [-0.4, -0.2) is 34.0 Å². The third-order valence-electron chi connectivity index (χ3n) is 5.59. The molecule has 2 aliphatic rings. The molecule has 5 nitrogen and oxygen atoms in total. The zero-order chi connectivity index (χ0) is 17.1. The summed E-state index contributed by atoms with van der Waals surface area (Å²) in [6.45, 7) is 1.75. The van der Waals surface area contributed by atoms with Crippen LogP contribution in [0, 0.1) is 11.8 Å². The van der Waals surface area contributed by atoms with E-state index in [1.54, 1.807) is 0 Å². The smallest absolute Gasteiger partial charge is 0.227 e. The molecule has 132 valence electrons. The van der Waals surface area contributed by atoms with Gasteiger partial charge in [-0.25, -0.2) is 0 Å². The summed E-state index contributed by atoms with van der Waals surface area (Å²) in [5.41, 5.74) is 0.981. The third-order valence-corrected chi connectivity index (χ3v) is 5.59. The van der Waals surface area contributed by atoms with Gasteiger partial charge in [0.2, 0.25) is 17.6 Å². The minimum Gasteiger partial charge on any atom is -0.342 e. The summed E-state index contributed by atoms with van der Waals surface area (Å²) in [4.78, 5) is 19.1. The molecule has 1 aliphatic heterocycles. The van der Waals surface area contributed by atoms with Gasteiger partial charge in [0.1, 0.15) is 0 Å². The Kier molecular flexibility index (Phi) is 4.81. The lowest BCUT2D eigenvalue weighted by Crippen LogP contribution is -2.41.